The molecule has 3 aliphatic rings. The smallest absolute Gasteiger partial charge is 0.319 e. The third kappa shape index (κ3) is 3.94. The highest BCUT2D eigenvalue weighted by atomic mass is 16.4. The fourth-order valence-corrected chi connectivity index (χ4v) is 5.07. The van der Waals surface area contributed by atoms with Gasteiger partial charge in [0.2, 0.25) is 0 Å². The van der Waals surface area contributed by atoms with E-state index in [1.54, 1.807) is 0 Å². The molecule has 7 nitrogen and oxygen atoms in total. The second-order valence-corrected chi connectivity index (χ2v) is 8.38. The molecule has 2 amide bonds. The molecule has 2 bridgehead atoms. The SMILES string of the molecule is CCN(CC(=O)O)C1CC(NC(=O)Nc2ccccc2N2CC3CCC2C3)C1. The van der Waals surface area contributed by atoms with Gasteiger partial charge in [-0.1, -0.05) is 19.1 Å². The van der Waals surface area contributed by atoms with E-state index >= 15 is 0 Å². The molecule has 1 aromatic rings. The number of nitrogens with one attached hydrogen (secondary N) is 2. The Hall–Kier alpha value is -2.28. The molecule has 2 atom stereocenters. The van der Waals surface area contributed by atoms with E-state index in [2.05, 4.69) is 21.6 Å². The zero-order valence-corrected chi connectivity index (χ0v) is 16.4. The number of carboxylic acids is 1. The van der Waals surface area contributed by atoms with Crippen molar-refractivity contribution in [3.63, 3.8) is 0 Å². The van der Waals surface area contributed by atoms with Crippen LogP contribution in [-0.4, -0.2) is 59.8 Å². The summed E-state index contributed by atoms with van der Waals surface area (Å²) in [4.78, 5) is 27.9. The lowest BCUT2D eigenvalue weighted by Gasteiger charge is -2.42. The van der Waals surface area contributed by atoms with Crippen LogP contribution in [0.5, 0.6) is 0 Å². The van der Waals surface area contributed by atoms with Crippen LogP contribution in [0.4, 0.5) is 16.2 Å². The predicted molar refractivity (Wildman–Crippen MR) is 109 cm³/mol. The first kappa shape index (κ1) is 19.1. The molecular weight excluding hydrogens is 356 g/mol. The standard InChI is InChI=1S/C21H30N4O3/c1-2-24(13-20(26)27)17-10-15(11-17)22-21(28)23-18-5-3-4-6-19(18)25-12-14-7-8-16(25)9-14/h3-6,14-17H,2,7-13H2,1H3,(H,26,27)(H2,22,23,28). The van der Waals surface area contributed by atoms with Gasteiger partial charge in [0.1, 0.15) is 0 Å². The van der Waals surface area contributed by atoms with Gasteiger partial charge in [-0.2, -0.15) is 0 Å². The second kappa shape index (κ2) is 7.99. The maximum absolute atomic E-state index is 12.5. The number of para-hydroxylation sites is 2. The summed E-state index contributed by atoms with van der Waals surface area (Å²) in [6.45, 7) is 3.83. The van der Waals surface area contributed by atoms with E-state index in [1.165, 1.54) is 19.3 Å². The van der Waals surface area contributed by atoms with Crippen LogP contribution in [0, 0.1) is 5.92 Å². The van der Waals surface area contributed by atoms with Crippen molar-refractivity contribution < 1.29 is 14.7 Å². The van der Waals surface area contributed by atoms with E-state index < -0.39 is 5.97 Å². The largest absolute Gasteiger partial charge is 0.480 e. The van der Waals surface area contributed by atoms with Crippen LogP contribution >= 0.6 is 0 Å². The van der Waals surface area contributed by atoms with E-state index in [1.807, 2.05) is 30.0 Å². The van der Waals surface area contributed by atoms with Gasteiger partial charge in [-0.15, -0.1) is 0 Å². The van der Waals surface area contributed by atoms with Crippen LogP contribution in [0.1, 0.15) is 39.0 Å². The lowest BCUT2D eigenvalue weighted by molar-refractivity contribution is -0.139. The molecule has 2 saturated carbocycles. The number of nitrogens with zero attached hydrogens (tertiary/aromatic N) is 2. The molecular formula is C21H30N4O3. The number of urea groups is 1. The van der Waals surface area contributed by atoms with Crippen molar-refractivity contribution in [3.05, 3.63) is 24.3 Å². The highest BCUT2D eigenvalue weighted by Crippen LogP contribution is 2.42. The van der Waals surface area contributed by atoms with Crippen molar-refractivity contribution in [1.29, 1.82) is 0 Å². The Bertz CT molecular complexity index is 734. The molecule has 1 aliphatic heterocycles. The van der Waals surface area contributed by atoms with Crippen molar-refractivity contribution >= 4 is 23.4 Å². The van der Waals surface area contributed by atoms with Crippen LogP contribution in [-0.2, 0) is 4.79 Å². The van der Waals surface area contributed by atoms with Gasteiger partial charge in [-0.05, 0) is 56.7 Å². The van der Waals surface area contributed by atoms with E-state index in [9.17, 15) is 9.59 Å². The van der Waals surface area contributed by atoms with Gasteiger partial charge < -0.3 is 20.6 Å². The Morgan fingerprint density at radius 1 is 1.21 bits per heavy atom. The summed E-state index contributed by atoms with van der Waals surface area (Å²) in [5.41, 5.74) is 1.99. The molecule has 4 rings (SSSR count). The molecule has 1 heterocycles. The van der Waals surface area contributed by atoms with Crippen molar-refractivity contribution in [2.45, 2.75) is 57.2 Å². The van der Waals surface area contributed by atoms with Gasteiger partial charge in [0.25, 0.3) is 0 Å². The molecule has 3 N–H and O–H groups in total. The van der Waals surface area contributed by atoms with E-state index in [4.69, 9.17) is 5.11 Å². The zero-order chi connectivity index (χ0) is 19.7. The van der Waals surface area contributed by atoms with Gasteiger partial charge in [-0.25, -0.2) is 4.79 Å². The topological polar surface area (TPSA) is 84.9 Å². The van der Waals surface area contributed by atoms with Gasteiger partial charge >= 0.3 is 12.0 Å². The Morgan fingerprint density at radius 2 is 2.00 bits per heavy atom. The highest BCUT2D eigenvalue weighted by molar-refractivity contribution is 5.93. The Labute approximate surface area is 166 Å². The Kier molecular flexibility index (Phi) is 5.44. The predicted octanol–water partition coefficient (Wildman–Crippen LogP) is 2.73. The Balaban J connectivity index is 1.30. The van der Waals surface area contributed by atoms with E-state index in [0.717, 1.165) is 36.7 Å². The quantitative estimate of drug-likeness (QED) is 0.671. The van der Waals surface area contributed by atoms with Gasteiger partial charge in [-0.3, -0.25) is 9.69 Å². The summed E-state index contributed by atoms with van der Waals surface area (Å²) in [5.74, 6) is -0.00525. The minimum Gasteiger partial charge on any atom is -0.480 e. The normalized spacial score (nSPS) is 28.3. The number of piperidine rings is 1. The number of carboxylic acid groups (broad SMARTS) is 1. The number of anilines is 2. The molecule has 0 spiro atoms. The molecule has 0 aromatic heterocycles. The zero-order valence-electron chi connectivity index (χ0n) is 16.4. The maximum atomic E-state index is 12.5. The first-order chi connectivity index (χ1) is 13.5. The molecule has 0 radical (unpaired) electrons. The highest BCUT2D eigenvalue weighted by Gasteiger charge is 2.39. The fourth-order valence-electron chi connectivity index (χ4n) is 5.07. The average molecular weight is 386 g/mol. The second-order valence-electron chi connectivity index (χ2n) is 8.38. The first-order valence-electron chi connectivity index (χ1n) is 10.4. The molecule has 1 saturated heterocycles. The number of aliphatic carboxylic acids is 1. The van der Waals surface area contributed by atoms with Crippen LogP contribution in [0.2, 0.25) is 0 Å². The minimum atomic E-state index is -0.803. The summed E-state index contributed by atoms with van der Waals surface area (Å²) >= 11 is 0. The van der Waals surface area contributed by atoms with Gasteiger partial charge in [0, 0.05) is 24.7 Å². The molecule has 3 fully saturated rings. The number of hydrogen-bond acceptors (Lipinski definition) is 4. The summed E-state index contributed by atoms with van der Waals surface area (Å²) in [6, 6.07) is 8.82. The third-order valence-corrected chi connectivity index (χ3v) is 6.58. The lowest BCUT2D eigenvalue weighted by atomic mass is 9.85. The molecule has 152 valence electrons. The molecule has 7 heteroatoms. The lowest BCUT2D eigenvalue weighted by Crippen LogP contribution is -2.55. The number of carbonyl (C=O) groups is 2. The Morgan fingerprint density at radius 3 is 2.64 bits per heavy atom. The minimum absolute atomic E-state index is 0.0610. The van der Waals surface area contributed by atoms with Crippen molar-refractivity contribution in [1.82, 2.24) is 10.2 Å². The molecule has 28 heavy (non-hydrogen) atoms. The fraction of sp³-hybridized carbons (Fsp3) is 0.619. The molecule has 2 unspecified atom stereocenters. The number of carbonyl (C=O) groups excluding carboxylic acids is 1. The monoisotopic (exact) mass is 386 g/mol. The van der Waals surface area contributed by atoms with Gasteiger partial charge in [0.15, 0.2) is 0 Å². The number of rotatable bonds is 7. The number of amides is 2. The third-order valence-electron chi connectivity index (χ3n) is 6.58. The van der Waals surface area contributed by atoms with Crippen LogP contribution in [0.15, 0.2) is 24.3 Å². The van der Waals surface area contributed by atoms with E-state index in [0.29, 0.717) is 12.6 Å². The number of benzene rings is 1. The molecule has 2 aliphatic carbocycles. The summed E-state index contributed by atoms with van der Waals surface area (Å²) in [6.07, 6.45) is 5.45. The van der Waals surface area contributed by atoms with Crippen molar-refractivity contribution in [2.75, 3.05) is 29.9 Å². The van der Waals surface area contributed by atoms with Crippen LogP contribution in [0.25, 0.3) is 0 Å². The van der Waals surface area contributed by atoms with Gasteiger partial charge in [0.05, 0.1) is 17.9 Å². The van der Waals surface area contributed by atoms with Crippen LogP contribution in [0.3, 0.4) is 0 Å². The van der Waals surface area contributed by atoms with E-state index in [-0.39, 0.29) is 24.7 Å². The first-order valence-corrected chi connectivity index (χ1v) is 10.4. The average Bonchev–Trinajstić information content (AvgIpc) is 3.26. The summed E-state index contributed by atoms with van der Waals surface area (Å²) in [7, 11) is 0. The van der Waals surface area contributed by atoms with Crippen molar-refractivity contribution in [2.24, 2.45) is 5.92 Å². The molecule has 1 aromatic carbocycles. The number of likely N-dealkylation sites (N-methyl/N-ethyl adjacent to an activating group) is 1. The van der Waals surface area contributed by atoms with Crippen LogP contribution < -0.4 is 15.5 Å². The maximum Gasteiger partial charge on any atom is 0.319 e. The summed E-state index contributed by atoms with van der Waals surface area (Å²) < 4.78 is 0. The number of fused-ring (bicyclic) bond motifs is 2. The number of hydrogen-bond donors (Lipinski definition) is 3. The summed E-state index contributed by atoms with van der Waals surface area (Å²) in [5, 5.41) is 15.1. The van der Waals surface area contributed by atoms with Crippen molar-refractivity contribution in [3.8, 4) is 0 Å².